The largest absolute Gasteiger partial charge is 0.493 e. The molecule has 0 fully saturated rings. The third-order valence-electron chi connectivity index (χ3n) is 8.07. The van der Waals surface area contributed by atoms with E-state index in [0.717, 1.165) is 56.4 Å². The summed E-state index contributed by atoms with van der Waals surface area (Å²) in [4.78, 5) is 17.5. The SMILES string of the molecule is CC(C)Cc1ccc(-c2ccc(Cc3nc(-c4ccc(Cl)cc4Cl)cn3-c3ccc(N4C=C(O)NS4(=O)=O)cc3)cc2)cc1NC(=O)OC(C)C. The maximum Gasteiger partial charge on any atom is 0.411 e. The summed E-state index contributed by atoms with van der Waals surface area (Å²) in [5, 5.41) is 13.6. The highest BCUT2D eigenvalue weighted by molar-refractivity contribution is 7.91. The Hall–Kier alpha value is -4.97. The monoisotopic (exact) mass is 745 g/mol. The minimum atomic E-state index is -3.93. The number of aliphatic hydroxyl groups is 1. The maximum absolute atomic E-state index is 12.5. The number of halogens is 2. The molecule has 264 valence electrons. The number of aromatic nitrogens is 2. The van der Waals surface area contributed by atoms with Crippen LogP contribution in [-0.4, -0.2) is 35.3 Å². The highest BCUT2D eigenvalue weighted by Gasteiger charge is 2.28. The van der Waals surface area contributed by atoms with Gasteiger partial charge in [0.1, 0.15) is 5.82 Å². The van der Waals surface area contributed by atoms with Gasteiger partial charge in [-0.15, -0.1) is 0 Å². The fourth-order valence-corrected chi connectivity index (χ4v) is 7.36. The van der Waals surface area contributed by atoms with Gasteiger partial charge in [0.2, 0.25) is 5.88 Å². The van der Waals surface area contributed by atoms with E-state index in [4.69, 9.17) is 32.9 Å². The Kier molecular flexibility index (Phi) is 10.3. The molecule has 51 heavy (non-hydrogen) atoms. The summed E-state index contributed by atoms with van der Waals surface area (Å²) in [5.41, 5.74) is 7.14. The van der Waals surface area contributed by atoms with E-state index >= 15 is 0 Å². The molecule has 0 bridgehead atoms. The van der Waals surface area contributed by atoms with Gasteiger partial charge >= 0.3 is 16.3 Å². The third-order valence-corrected chi connectivity index (χ3v) is 9.92. The lowest BCUT2D eigenvalue weighted by Gasteiger charge is -2.16. The molecule has 0 saturated carbocycles. The lowest BCUT2D eigenvalue weighted by molar-refractivity contribution is 0.130. The predicted molar refractivity (Wildman–Crippen MR) is 203 cm³/mol. The standard InChI is InChI=1S/C38H37Cl2N5O5S/c1-23(2)17-28-10-9-27(19-34(28)42-38(47)50-24(3)4)26-7-5-25(6-8-26)18-36-41-35(32-16-11-29(39)20-33(32)40)21-44(36)30-12-14-31(15-13-30)45-22-37(46)43-51(45,48)49/h5-16,19-24,43,46H,17-18H2,1-4H3,(H,42,47). The third kappa shape index (κ3) is 8.33. The normalized spacial score (nSPS) is 13.7. The molecule has 3 N–H and O–H groups in total. The fraction of sp³-hybridized carbons (Fsp3) is 0.211. The van der Waals surface area contributed by atoms with Crippen molar-refractivity contribution in [3.63, 3.8) is 0 Å². The van der Waals surface area contributed by atoms with Crippen molar-refractivity contribution in [2.45, 2.75) is 46.6 Å². The van der Waals surface area contributed by atoms with Crippen molar-refractivity contribution in [1.29, 1.82) is 0 Å². The van der Waals surface area contributed by atoms with E-state index in [0.29, 0.717) is 39.3 Å². The second-order valence-corrected chi connectivity index (χ2v) is 15.3. The number of ether oxygens (including phenoxy) is 1. The highest BCUT2D eigenvalue weighted by Crippen LogP contribution is 2.33. The van der Waals surface area contributed by atoms with Crippen LogP contribution in [0.1, 0.15) is 44.6 Å². The molecular formula is C38H37Cl2N5O5S. The molecule has 0 unspecified atom stereocenters. The van der Waals surface area contributed by atoms with Crippen LogP contribution in [-0.2, 0) is 27.8 Å². The van der Waals surface area contributed by atoms with Gasteiger partial charge < -0.3 is 14.4 Å². The topological polar surface area (TPSA) is 126 Å². The Balaban J connectivity index is 1.31. The zero-order valence-corrected chi connectivity index (χ0v) is 30.7. The molecule has 0 atom stereocenters. The van der Waals surface area contributed by atoms with Gasteiger partial charge in [-0.25, -0.2) is 18.8 Å². The first-order chi connectivity index (χ1) is 24.3. The number of amides is 1. The van der Waals surface area contributed by atoms with Crippen LogP contribution in [0.3, 0.4) is 0 Å². The number of imidazole rings is 1. The zero-order valence-electron chi connectivity index (χ0n) is 28.4. The predicted octanol–water partition coefficient (Wildman–Crippen LogP) is 9.27. The molecule has 0 saturated heterocycles. The number of hydrogen-bond acceptors (Lipinski definition) is 6. The van der Waals surface area contributed by atoms with Gasteiger partial charge in [0.25, 0.3) is 0 Å². The first-order valence-electron chi connectivity index (χ1n) is 16.3. The molecule has 1 aliphatic rings. The van der Waals surface area contributed by atoms with Crippen LogP contribution in [0.25, 0.3) is 28.1 Å². The number of anilines is 2. The summed E-state index contributed by atoms with van der Waals surface area (Å²) in [5.74, 6) is 0.666. The first-order valence-corrected chi connectivity index (χ1v) is 18.5. The summed E-state index contributed by atoms with van der Waals surface area (Å²) in [6, 6.07) is 26.3. The number of benzene rings is 4. The number of rotatable bonds is 10. The number of carbonyl (C=O) groups excluding carboxylic acids is 1. The van der Waals surface area contributed by atoms with Gasteiger partial charge in [0.05, 0.1) is 28.7 Å². The Labute approximate surface area is 307 Å². The van der Waals surface area contributed by atoms with Crippen molar-refractivity contribution in [1.82, 2.24) is 14.3 Å². The van der Waals surface area contributed by atoms with Gasteiger partial charge in [-0.05, 0) is 97.0 Å². The van der Waals surface area contributed by atoms with E-state index in [1.165, 1.54) is 0 Å². The number of hydrogen-bond donors (Lipinski definition) is 3. The summed E-state index contributed by atoms with van der Waals surface area (Å²) >= 11 is 12.7. The minimum absolute atomic E-state index is 0.234. The highest BCUT2D eigenvalue weighted by atomic mass is 35.5. The van der Waals surface area contributed by atoms with Crippen molar-refractivity contribution in [2.75, 3.05) is 9.62 Å². The minimum Gasteiger partial charge on any atom is -0.493 e. The Morgan fingerprint density at radius 3 is 2.24 bits per heavy atom. The van der Waals surface area contributed by atoms with Crippen LogP contribution in [0, 0.1) is 5.92 Å². The number of nitrogens with one attached hydrogen (secondary N) is 2. The summed E-state index contributed by atoms with van der Waals surface area (Å²) in [6.45, 7) is 7.91. The molecular weight excluding hydrogens is 709 g/mol. The molecule has 4 aromatic carbocycles. The lowest BCUT2D eigenvalue weighted by atomic mass is 9.96. The zero-order chi connectivity index (χ0) is 36.4. The lowest BCUT2D eigenvalue weighted by Crippen LogP contribution is -2.29. The van der Waals surface area contributed by atoms with Crippen molar-refractivity contribution < 1.29 is 23.1 Å². The summed E-state index contributed by atoms with van der Waals surface area (Å²) in [6.07, 6.45) is 3.55. The van der Waals surface area contributed by atoms with Gasteiger partial charge in [-0.3, -0.25) is 5.32 Å². The van der Waals surface area contributed by atoms with Crippen LogP contribution in [0.15, 0.2) is 103 Å². The van der Waals surface area contributed by atoms with Gasteiger partial charge in [0, 0.05) is 34.6 Å². The van der Waals surface area contributed by atoms with Crippen LogP contribution in [0.2, 0.25) is 10.0 Å². The fourth-order valence-electron chi connectivity index (χ4n) is 5.80. The van der Waals surface area contributed by atoms with Crippen LogP contribution in [0.4, 0.5) is 16.2 Å². The Morgan fingerprint density at radius 2 is 1.61 bits per heavy atom. The maximum atomic E-state index is 12.5. The number of nitrogens with zero attached hydrogens (tertiary/aromatic N) is 3. The first kappa shape index (κ1) is 35.8. The van der Waals surface area contributed by atoms with Gasteiger partial charge in [-0.1, -0.05) is 73.4 Å². The van der Waals surface area contributed by atoms with E-state index in [2.05, 4.69) is 30.0 Å². The molecule has 1 aliphatic heterocycles. The molecule has 1 amide bonds. The second kappa shape index (κ2) is 14.7. The summed E-state index contributed by atoms with van der Waals surface area (Å²) < 4.78 is 35.1. The van der Waals surface area contributed by atoms with Crippen LogP contribution >= 0.6 is 23.2 Å². The molecule has 0 aliphatic carbocycles. The van der Waals surface area contributed by atoms with Gasteiger partial charge in [0.15, 0.2) is 0 Å². The molecule has 1 aromatic heterocycles. The Bertz CT molecular complexity index is 2220. The van der Waals surface area contributed by atoms with Crippen molar-refractivity contribution in [3.8, 4) is 28.1 Å². The average molecular weight is 747 g/mol. The van der Waals surface area contributed by atoms with Crippen molar-refractivity contribution in [2.24, 2.45) is 5.92 Å². The molecule has 2 heterocycles. The van der Waals surface area contributed by atoms with Crippen molar-refractivity contribution >= 4 is 50.9 Å². The quantitative estimate of drug-likeness (QED) is 0.131. The molecule has 10 nitrogen and oxygen atoms in total. The van der Waals surface area contributed by atoms with E-state index in [-0.39, 0.29) is 6.10 Å². The smallest absolute Gasteiger partial charge is 0.411 e. The van der Waals surface area contributed by atoms with Crippen LogP contribution in [0.5, 0.6) is 0 Å². The Morgan fingerprint density at radius 1 is 0.922 bits per heavy atom. The van der Waals surface area contributed by atoms with E-state index in [9.17, 15) is 18.3 Å². The second-order valence-electron chi connectivity index (χ2n) is 12.9. The molecule has 0 spiro atoms. The van der Waals surface area contributed by atoms with Gasteiger partial charge in [-0.2, -0.15) is 8.42 Å². The van der Waals surface area contributed by atoms with E-state index in [1.54, 1.807) is 36.4 Å². The molecule has 6 rings (SSSR count). The van der Waals surface area contributed by atoms with E-state index < -0.39 is 22.2 Å². The van der Waals surface area contributed by atoms with E-state index in [1.807, 2.05) is 67.1 Å². The average Bonchev–Trinajstić information content (AvgIpc) is 3.60. The van der Waals surface area contributed by atoms with Crippen LogP contribution < -0.4 is 14.3 Å². The molecule has 0 radical (unpaired) electrons. The number of carbonyl (C=O) groups is 1. The molecule has 13 heteroatoms. The summed E-state index contributed by atoms with van der Waals surface area (Å²) in [7, 11) is -3.93. The van der Waals surface area contributed by atoms with Crippen molar-refractivity contribution in [3.05, 3.63) is 130 Å². The number of aliphatic hydroxyl groups excluding tert-OH is 1. The molecule has 5 aromatic rings.